The summed E-state index contributed by atoms with van der Waals surface area (Å²) in [6.07, 6.45) is 6.91. The van der Waals surface area contributed by atoms with Crippen molar-refractivity contribution in [2.24, 2.45) is 5.92 Å². The van der Waals surface area contributed by atoms with Gasteiger partial charge in [-0.2, -0.15) is 0 Å². The smallest absolute Gasteiger partial charge is 0.240 e. The highest BCUT2D eigenvalue weighted by atomic mass is 32.2. The normalized spacial score (nSPS) is 20.8. The number of anilines is 1. The summed E-state index contributed by atoms with van der Waals surface area (Å²) in [7, 11) is -3.41. The lowest BCUT2D eigenvalue weighted by Gasteiger charge is -2.28. The number of hydrogen-bond donors (Lipinski definition) is 2. The number of hydrogen-bond acceptors (Lipinski definition) is 3. The average molecular weight is 308 g/mol. The molecule has 0 saturated heterocycles. The molecule has 0 bridgehead atoms. The molecule has 1 aromatic carbocycles. The molecule has 21 heavy (non-hydrogen) atoms. The van der Waals surface area contributed by atoms with Crippen LogP contribution < -0.4 is 10.0 Å². The number of nitrogens with one attached hydrogen (secondary N) is 2. The van der Waals surface area contributed by atoms with Crippen LogP contribution >= 0.6 is 0 Å². The molecule has 2 aliphatic rings. The van der Waals surface area contributed by atoms with Crippen molar-refractivity contribution in [1.29, 1.82) is 0 Å². The van der Waals surface area contributed by atoms with E-state index in [-0.39, 0.29) is 6.04 Å². The van der Waals surface area contributed by atoms with Crippen LogP contribution in [0.25, 0.3) is 0 Å². The first-order chi connectivity index (χ1) is 10.1. The van der Waals surface area contributed by atoms with Gasteiger partial charge in [0.05, 0.1) is 4.90 Å². The maximum absolute atomic E-state index is 12.6. The first kappa shape index (κ1) is 14.9. The Hall–Kier alpha value is -1.07. The first-order valence-electron chi connectivity index (χ1n) is 7.95. The molecule has 1 atom stereocenters. The molecular formula is C16H24N2O2S. The molecule has 0 amide bonds. The molecule has 1 unspecified atom stereocenters. The zero-order valence-corrected chi connectivity index (χ0v) is 13.4. The van der Waals surface area contributed by atoms with E-state index in [0.717, 1.165) is 37.1 Å². The Bertz CT molecular complexity index is 607. The van der Waals surface area contributed by atoms with E-state index in [1.54, 1.807) is 6.07 Å². The van der Waals surface area contributed by atoms with Gasteiger partial charge in [-0.05, 0) is 55.9 Å². The van der Waals surface area contributed by atoms with Crippen molar-refractivity contribution in [3.63, 3.8) is 0 Å². The summed E-state index contributed by atoms with van der Waals surface area (Å²) in [5.74, 6) is 0.476. The summed E-state index contributed by atoms with van der Waals surface area (Å²) < 4.78 is 28.0. The highest BCUT2D eigenvalue weighted by Crippen LogP contribution is 2.28. The Morgan fingerprint density at radius 1 is 1.24 bits per heavy atom. The molecule has 1 aromatic rings. The van der Waals surface area contributed by atoms with Crippen molar-refractivity contribution in [3.05, 3.63) is 23.8 Å². The maximum atomic E-state index is 12.6. The monoisotopic (exact) mass is 308 g/mol. The van der Waals surface area contributed by atoms with Gasteiger partial charge in [-0.25, -0.2) is 13.1 Å². The van der Waals surface area contributed by atoms with Crippen molar-refractivity contribution in [2.75, 3.05) is 11.9 Å². The number of benzene rings is 1. The molecule has 0 radical (unpaired) electrons. The largest absolute Gasteiger partial charge is 0.384 e. The Morgan fingerprint density at radius 3 is 2.76 bits per heavy atom. The topological polar surface area (TPSA) is 58.2 Å². The van der Waals surface area contributed by atoms with Crippen molar-refractivity contribution in [2.45, 2.75) is 56.4 Å². The molecule has 116 valence electrons. The van der Waals surface area contributed by atoms with Gasteiger partial charge in [0, 0.05) is 18.3 Å². The van der Waals surface area contributed by atoms with Gasteiger partial charge in [0.2, 0.25) is 10.0 Å². The predicted octanol–water partition coefficient (Wildman–Crippen LogP) is 2.90. The SMILES string of the molecule is CC(NS(=O)(=O)c1ccc2c(c1)CCN2)C1CCCCC1. The van der Waals surface area contributed by atoms with E-state index in [0.29, 0.717) is 10.8 Å². The van der Waals surface area contributed by atoms with Gasteiger partial charge in [-0.15, -0.1) is 0 Å². The molecule has 5 heteroatoms. The summed E-state index contributed by atoms with van der Waals surface area (Å²) in [5.41, 5.74) is 2.16. The second-order valence-corrected chi connectivity index (χ2v) is 8.02. The molecule has 0 aromatic heterocycles. The summed E-state index contributed by atoms with van der Waals surface area (Å²) in [5, 5.41) is 3.26. The number of sulfonamides is 1. The van der Waals surface area contributed by atoms with Crippen molar-refractivity contribution in [1.82, 2.24) is 4.72 Å². The standard InChI is InChI=1S/C16H24N2O2S/c1-12(13-5-3-2-4-6-13)18-21(19,20)15-7-8-16-14(11-15)9-10-17-16/h7-8,11-13,17-18H,2-6,9-10H2,1H3. The van der Waals surface area contributed by atoms with Crippen molar-refractivity contribution in [3.8, 4) is 0 Å². The summed E-state index contributed by atoms with van der Waals surface area (Å²) >= 11 is 0. The molecule has 1 heterocycles. The molecule has 1 fully saturated rings. The third kappa shape index (κ3) is 3.24. The highest BCUT2D eigenvalue weighted by Gasteiger charge is 2.25. The summed E-state index contributed by atoms with van der Waals surface area (Å²) in [4.78, 5) is 0.396. The second-order valence-electron chi connectivity index (χ2n) is 6.30. The third-order valence-electron chi connectivity index (χ3n) is 4.79. The van der Waals surface area contributed by atoms with Crippen LogP contribution in [0.2, 0.25) is 0 Å². The second kappa shape index (κ2) is 5.97. The molecule has 1 saturated carbocycles. The van der Waals surface area contributed by atoms with Gasteiger partial charge >= 0.3 is 0 Å². The lowest BCUT2D eigenvalue weighted by Crippen LogP contribution is -2.38. The zero-order chi connectivity index (χ0) is 14.9. The summed E-state index contributed by atoms with van der Waals surface area (Å²) in [6.45, 7) is 2.90. The fourth-order valence-electron chi connectivity index (χ4n) is 3.49. The molecule has 0 spiro atoms. The zero-order valence-electron chi connectivity index (χ0n) is 12.6. The van der Waals surface area contributed by atoms with Crippen molar-refractivity contribution >= 4 is 15.7 Å². The summed E-state index contributed by atoms with van der Waals surface area (Å²) in [6, 6.07) is 5.40. The lowest BCUT2D eigenvalue weighted by atomic mass is 9.85. The van der Waals surface area contributed by atoms with Crippen LogP contribution in [0, 0.1) is 5.92 Å². The van der Waals surface area contributed by atoms with Gasteiger partial charge in [-0.3, -0.25) is 0 Å². The van der Waals surface area contributed by atoms with Gasteiger partial charge in [0.1, 0.15) is 0 Å². The maximum Gasteiger partial charge on any atom is 0.240 e. The Balaban J connectivity index is 1.74. The van der Waals surface area contributed by atoms with E-state index in [1.165, 1.54) is 19.3 Å². The molecular weight excluding hydrogens is 284 g/mol. The fourth-order valence-corrected chi connectivity index (χ4v) is 4.85. The predicted molar refractivity (Wildman–Crippen MR) is 85.0 cm³/mol. The molecule has 2 N–H and O–H groups in total. The Morgan fingerprint density at radius 2 is 2.00 bits per heavy atom. The molecule has 4 nitrogen and oxygen atoms in total. The van der Waals surface area contributed by atoms with E-state index in [9.17, 15) is 8.42 Å². The highest BCUT2D eigenvalue weighted by molar-refractivity contribution is 7.89. The third-order valence-corrected chi connectivity index (χ3v) is 6.35. The quantitative estimate of drug-likeness (QED) is 0.899. The van der Waals surface area contributed by atoms with E-state index < -0.39 is 10.0 Å². The minimum atomic E-state index is -3.41. The van der Waals surface area contributed by atoms with E-state index >= 15 is 0 Å². The Labute approximate surface area is 127 Å². The van der Waals surface area contributed by atoms with Crippen LogP contribution in [-0.2, 0) is 16.4 Å². The number of fused-ring (bicyclic) bond motifs is 1. The van der Waals surface area contributed by atoms with Gasteiger partial charge in [0.25, 0.3) is 0 Å². The van der Waals surface area contributed by atoms with Crippen LogP contribution in [0.4, 0.5) is 5.69 Å². The van der Waals surface area contributed by atoms with Crippen molar-refractivity contribution < 1.29 is 8.42 Å². The van der Waals surface area contributed by atoms with Crippen LogP contribution in [0.15, 0.2) is 23.1 Å². The van der Waals surface area contributed by atoms with Crippen LogP contribution in [0.5, 0.6) is 0 Å². The van der Waals surface area contributed by atoms with Gasteiger partial charge < -0.3 is 5.32 Å². The lowest BCUT2D eigenvalue weighted by molar-refractivity contribution is 0.303. The van der Waals surface area contributed by atoms with Crippen LogP contribution in [-0.4, -0.2) is 21.0 Å². The number of rotatable bonds is 4. The van der Waals surface area contributed by atoms with E-state index in [2.05, 4.69) is 10.0 Å². The van der Waals surface area contributed by atoms with Gasteiger partial charge in [0.15, 0.2) is 0 Å². The van der Waals surface area contributed by atoms with E-state index in [1.807, 2.05) is 19.1 Å². The molecule has 1 aliphatic heterocycles. The average Bonchev–Trinajstić information content (AvgIpc) is 2.95. The van der Waals surface area contributed by atoms with Gasteiger partial charge in [-0.1, -0.05) is 19.3 Å². The Kier molecular flexibility index (Phi) is 4.22. The van der Waals surface area contributed by atoms with Crippen LogP contribution in [0.3, 0.4) is 0 Å². The fraction of sp³-hybridized carbons (Fsp3) is 0.625. The first-order valence-corrected chi connectivity index (χ1v) is 9.44. The minimum Gasteiger partial charge on any atom is -0.384 e. The van der Waals surface area contributed by atoms with E-state index in [4.69, 9.17) is 0 Å². The molecule has 1 aliphatic carbocycles. The van der Waals surface area contributed by atoms with Crippen LogP contribution in [0.1, 0.15) is 44.6 Å². The molecule has 3 rings (SSSR count). The minimum absolute atomic E-state index is 0.0154.